The Kier molecular flexibility index (Phi) is 6.43. The van der Waals surface area contributed by atoms with Crippen LogP contribution in [0.2, 0.25) is 0 Å². The van der Waals surface area contributed by atoms with Crippen molar-refractivity contribution in [3.63, 3.8) is 0 Å². The second-order valence-corrected chi connectivity index (χ2v) is 7.32. The van der Waals surface area contributed by atoms with Crippen LogP contribution in [0.1, 0.15) is 41.6 Å². The van der Waals surface area contributed by atoms with Crippen LogP contribution in [0.3, 0.4) is 0 Å². The van der Waals surface area contributed by atoms with Gasteiger partial charge in [0.1, 0.15) is 5.56 Å². The highest BCUT2D eigenvalue weighted by Gasteiger charge is 2.28. The monoisotopic (exact) mass is 398 g/mol. The molecule has 0 aliphatic heterocycles. The highest BCUT2D eigenvalue weighted by molar-refractivity contribution is 5.95. The summed E-state index contributed by atoms with van der Waals surface area (Å²) >= 11 is 0. The summed E-state index contributed by atoms with van der Waals surface area (Å²) in [6.07, 6.45) is 2.66. The van der Waals surface area contributed by atoms with Crippen molar-refractivity contribution in [3.8, 4) is 11.3 Å². The van der Waals surface area contributed by atoms with Crippen molar-refractivity contribution in [2.45, 2.75) is 38.3 Å². The van der Waals surface area contributed by atoms with Gasteiger partial charge >= 0.3 is 5.97 Å². The molecule has 0 atom stereocenters. The van der Waals surface area contributed by atoms with Gasteiger partial charge in [0.05, 0.1) is 18.7 Å². The summed E-state index contributed by atoms with van der Waals surface area (Å²) in [5.74, 6) is -0.748. The fourth-order valence-electron chi connectivity index (χ4n) is 3.63. The molecule has 1 fully saturated rings. The van der Waals surface area contributed by atoms with E-state index < -0.39 is 11.5 Å². The van der Waals surface area contributed by atoms with Crippen molar-refractivity contribution in [1.82, 2.24) is 15.1 Å². The van der Waals surface area contributed by atoms with Crippen LogP contribution in [0.15, 0.2) is 35.1 Å². The zero-order chi connectivity index (χ0) is 21.0. The number of hydrogen-bond donors (Lipinski definition) is 2. The van der Waals surface area contributed by atoms with Crippen LogP contribution in [-0.4, -0.2) is 34.8 Å². The molecular weight excluding hydrogens is 372 g/mol. The Balaban J connectivity index is 1.76. The summed E-state index contributed by atoms with van der Waals surface area (Å²) in [6.45, 7) is 0.437. The predicted molar refractivity (Wildman–Crippen MR) is 108 cm³/mol. The maximum atomic E-state index is 12.8. The van der Waals surface area contributed by atoms with E-state index in [2.05, 4.69) is 10.4 Å². The largest absolute Gasteiger partial charge is 0.469 e. The van der Waals surface area contributed by atoms with Gasteiger partial charge in [-0.25, -0.2) is 4.68 Å². The first kappa shape index (κ1) is 20.7. The Morgan fingerprint density at radius 1 is 1.21 bits per heavy atom. The molecule has 29 heavy (non-hydrogen) atoms. The molecule has 0 bridgehead atoms. The molecule has 1 aromatic heterocycles. The van der Waals surface area contributed by atoms with Crippen molar-refractivity contribution in [2.24, 2.45) is 18.7 Å². The summed E-state index contributed by atoms with van der Waals surface area (Å²) in [5, 5.41) is 7.20. The molecule has 1 saturated carbocycles. The van der Waals surface area contributed by atoms with Gasteiger partial charge in [0.15, 0.2) is 0 Å². The quantitative estimate of drug-likeness (QED) is 0.735. The van der Waals surface area contributed by atoms with Gasteiger partial charge in [0, 0.05) is 25.2 Å². The molecule has 0 radical (unpaired) electrons. The highest BCUT2D eigenvalue weighted by atomic mass is 16.5. The first-order valence-electron chi connectivity index (χ1n) is 9.69. The number of ether oxygens (including phenoxy) is 1. The maximum absolute atomic E-state index is 12.8. The van der Waals surface area contributed by atoms with Gasteiger partial charge in [0.25, 0.3) is 11.5 Å². The van der Waals surface area contributed by atoms with Crippen LogP contribution in [0.25, 0.3) is 11.3 Å². The second kappa shape index (κ2) is 9.00. The number of benzene rings is 1. The zero-order valence-corrected chi connectivity index (χ0v) is 16.7. The number of esters is 1. The summed E-state index contributed by atoms with van der Waals surface area (Å²) in [5.41, 5.74) is 7.55. The van der Waals surface area contributed by atoms with E-state index in [0.29, 0.717) is 37.9 Å². The molecular formula is C21H26N4O4. The number of carbonyl (C=O) groups excluding carboxylic acids is 2. The van der Waals surface area contributed by atoms with E-state index in [1.165, 1.54) is 24.9 Å². The summed E-state index contributed by atoms with van der Waals surface area (Å²) in [7, 11) is 2.91. The average Bonchev–Trinajstić information content (AvgIpc) is 2.75. The lowest BCUT2D eigenvalue weighted by atomic mass is 9.86. The van der Waals surface area contributed by atoms with E-state index in [1.54, 1.807) is 0 Å². The van der Waals surface area contributed by atoms with E-state index in [4.69, 9.17) is 10.5 Å². The molecule has 1 aliphatic rings. The standard InChI is InChI=1S/C21H26N4O4/c1-25-20(27)17(11-18(24-25)14-5-3-13(12-22)4-6-14)19(26)23-16-9-7-15(8-10-16)21(28)29-2/h3-6,11,15-16H,7-10,12,22H2,1-2H3,(H,23,26). The number of amides is 1. The van der Waals surface area contributed by atoms with Crippen molar-refractivity contribution in [1.29, 1.82) is 0 Å². The lowest BCUT2D eigenvalue weighted by molar-refractivity contribution is -0.146. The van der Waals surface area contributed by atoms with Crippen molar-refractivity contribution in [3.05, 3.63) is 51.8 Å². The van der Waals surface area contributed by atoms with E-state index >= 15 is 0 Å². The van der Waals surface area contributed by atoms with Crippen LogP contribution in [0.4, 0.5) is 0 Å². The Labute approximate surface area is 169 Å². The van der Waals surface area contributed by atoms with Crippen LogP contribution in [-0.2, 0) is 23.1 Å². The van der Waals surface area contributed by atoms with Gasteiger partial charge in [-0.1, -0.05) is 24.3 Å². The Bertz CT molecular complexity index is 944. The minimum atomic E-state index is -0.451. The summed E-state index contributed by atoms with van der Waals surface area (Å²) in [4.78, 5) is 36.9. The molecule has 3 rings (SSSR count). The van der Waals surface area contributed by atoms with E-state index in [1.807, 2.05) is 24.3 Å². The van der Waals surface area contributed by atoms with Gasteiger partial charge in [-0.05, 0) is 37.3 Å². The zero-order valence-electron chi connectivity index (χ0n) is 16.7. The average molecular weight is 398 g/mol. The number of aryl methyl sites for hydroxylation is 1. The number of rotatable bonds is 5. The van der Waals surface area contributed by atoms with E-state index in [9.17, 15) is 14.4 Å². The van der Waals surface area contributed by atoms with E-state index in [-0.39, 0.29) is 23.5 Å². The van der Waals surface area contributed by atoms with Crippen LogP contribution >= 0.6 is 0 Å². The van der Waals surface area contributed by atoms with Gasteiger partial charge in [-0.2, -0.15) is 5.10 Å². The minimum absolute atomic E-state index is 0.0514. The fourth-order valence-corrected chi connectivity index (χ4v) is 3.63. The molecule has 8 nitrogen and oxygen atoms in total. The molecule has 154 valence electrons. The third-order valence-electron chi connectivity index (χ3n) is 5.39. The third-order valence-corrected chi connectivity index (χ3v) is 5.39. The Morgan fingerprint density at radius 2 is 1.86 bits per heavy atom. The summed E-state index contributed by atoms with van der Waals surface area (Å²) in [6, 6.07) is 8.96. The van der Waals surface area contributed by atoms with Crippen LogP contribution < -0.4 is 16.6 Å². The fraction of sp³-hybridized carbons (Fsp3) is 0.429. The number of hydrogen-bond acceptors (Lipinski definition) is 6. The minimum Gasteiger partial charge on any atom is -0.469 e. The van der Waals surface area contributed by atoms with Crippen molar-refractivity contribution >= 4 is 11.9 Å². The second-order valence-electron chi connectivity index (χ2n) is 7.32. The third kappa shape index (κ3) is 4.71. The van der Waals surface area contributed by atoms with Gasteiger partial charge in [0.2, 0.25) is 0 Å². The summed E-state index contributed by atoms with van der Waals surface area (Å²) < 4.78 is 5.97. The molecule has 0 saturated heterocycles. The van der Waals surface area contributed by atoms with Crippen molar-refractivity contribution < 1.29 is 14.3 Å². The predicted octanol–water partition coefficient (Wildman–Crippen LogP) is 1.37. The van der Waals surface area contributed by atoms with Crippen molar-refractivity contribution in [2.75, 3.05) is 7.11 Å². The molecule has 1 heterocycles. The molecule has 3 N–H and O–H groups in total. The molecule has 0 spiro atoms. The van der Waals surface area contributed by atoms with Crippen LogP contribution in [0, 0.1) is 5.92 Å². The normalized spacial score (nSPS) is 18.9. The number of methoxy groups -OCH3 is 1. The molecule has 1 amide bonds. The molecule has 1 aliphatic carbocycles. The topological polar surface area (TPSA) is 116 Å². The number of aromatic nitrogens is 2. The highest BCUT2D eigenvalue weighted by Crippen LogP contribution is 2.25. The van der Waals surface area contributed by atoms with Gasteiger partial charge in [-0.3, -0.25) is 14.4 Å². The Hall–Kier alpha value is -3.00. The van der Waals surface area contributed by atoms with E-state index in [0.717, 1.165) is 11.1 Å². The first-order chi connectivity index (χ1) is 13.9. The Morgan fingerprint density at radius 3 is 2.45 bits per heavy atom. The lowest BCUT2D eigenvalue weighted by Crippen LogP contribution is -2.41. The molecule has 2 aromatic rings. The number of carbonyl (C=O) groups is 2. The van der Waals surface area contributed by atoms with Gasteiger partial charge in [-0.15, -0.1) is 0 Å². The first-order valence-corrected chi connectivity index (χ1v) is 9.69. The lowest BCUT2D eigenvalue weighted by Gasteiger charge is -2.27. The molecule has 1 aromatic carbocycles. The number of nitrogens with zero attached hydrogens (tertiary/aromatic N) is 2. The molecule has 0 unspecified atom stereocenters. The molecule has 8 heteroatoms. The van der Waals surface area contributed by atoms with Crippen LogP contribution in [0.5, 0.6) is 0 Å². The maximum Gasteiger partial charge on any atom is 0.308 e. The number of nitrogens with two attached hydrogens (primary N) is 1. The van der Waals surface area contributed by atoms with Gasteiger partial charge < -0.3 is 15.8 Å². The number of nitrogens with one attached hydrogen (secondary N) is 1. The smallest absolute Gasteiger partial charge is 0.308 e. The SMILES string of the molecule is COC(=O)C1CCC(NC(=O)c2cc(-c3ccc(CN)cc3)nn(C)c2=O)CC1.